The maximum Gasteiger partial charge on any atom is 0.279 e. The van der Waals surface area contributed by atoms with Crippen molar-refractivity contribution in [2.24, 2.45) is 0 Å². The molecule has 0 aromatic heterocycles. The highest BCUT2D eigenvalue weighted by molar-refractivity contribution is 6.32. The van der Waals surface area contributed by atoms with Gasteiger partial charge >= 0.3 is 0 Å². The predicted molar refractivity (Wildman–Crippen MR) is 88.3 cm³/mol. The first-order chi connectivity index (χ1) is 11.4. The third-order valence-corrected chi connectivity index (χ3v) is 3.48. The van der Waals surface area contributed by atoms with Crippen molar-refractivity contribution in [2.45, 2.75) is 20.0 Å². The molecule has 24 heavy (non-hydrogen) atoms. The van der Waals surface area contributed by atoms with Gasteiger partial charge in [0.05, 0.1) is 5.02 Å². The zero-order valence-corrected chi connectivity index (χ0v) is 13.9. The molecule has 2 amide bonds. The van der Waals surface area contributed by atoms with Gasteiger partial charge < -0.3 is 4.74 Å². The monoisotopic (exact) mass is 350 g/mol. The van der Waals surface area contributed by atoms with Crippen LogP contribution in [0.1, 0.15) is 22.8 Å². The molecule has 2 aromatic rings. The summed E-state index contributed by atoms with van der Waals surface area (Å²) in [5.74, 6) is -1.19. The average molecular weight is 351 g/mol. The SMILES string of the molecule is Cc1ccc(Cl)c(OC(C)C(=O)NNC(=O)c2ccc(F)cc2)c1. The van der Waals surface area contributed by atoms with Crippen LogP contribution in [-0.4, -0.2) is 17.9 Å². The molecular formula is C17H16ClFN2O3. The molecule has 0 heterocycles. The van der Waals surface area contributed by atoms with Gasteiger partial charge in [0.2, 0.25) is 0 Å². The maximum absolute atomic E-state index is 12.8. The molecule has 2 aromatic carbocycles. The van der Waals surface area contributed by atoms with Crippen LogP contribution in [0.25, 0.3) is 0 Å². The summed E-state index contributed by atoms with van der Waals surface area (Å²) in [6, 6.07) is 10.1. The second-order valence-electron chi connectivity index (χ2n) is 5.14. The fourth-order valence-electron chi connectivity index (χ4n) is 1.84. The molecule has 0 aliphatic carbocycles. The summed E-state index contributed by atoms with van der Waals surface area (Å²) < 4.78 is 18.3. The van der Waals surface area contributed by atoms with E-state index >= 15 is 0 Å². The second-order valence-corrected chi connectivity index (χ2v) is 5.55. The van der Waals surface area contributed by atoms with Crippen LogP contribution in [0.15, 0.2) is 42.5 Å². The number of rotatable bonds is 4. The van der Waals surface area contributed by atoms with Crippen molar-refractivity contribution in [2.75, 3.05) is 0 Å². The van der Waals surface area contributed by atoms with Crippen LogP contribution in [0.3, 0.4) is 0 Å². The highest BCUT2D eigenvalue weighted by Gasteiger charge is 2.17. The van der Waals surface area contributed by atoms with Crippen molar-refractivity contribution >= 4 is 23.4 Å². The summed E-state index contributed by atoms with van der Waals surface area (Å²) in [6.07, 6.45) is -0.877. The molecule has 1 unspecified atom stereocenters. The fourth-order valence-corrected chi connectivity index (χ4v) is 2.00. The molecule has 2 rings (SSSR count). The van der Waals surface area contributed by atoms with Gasteiger partial charge in [-0.05, 0) is 55.8 Å². The fraction of sp³-hybridized carbons (Fsp3) is 0.176. The largest absolute Gasteiger partial charge is 0.479 e. The van der Waals surface area contributed by atoms with Gasteiger partial charge in [0.1, 0.15) is 11.6 Å². The van der Waals surface area contributed by atoms with Crippen LogP contribution in [0.2, 0.25) is 5.02 Å². The number of ether oxygens (including phenoxy) is 1. The highest BCUT2D eigenvalue weighted by Crippen LogP contribution is 2.26. The molecule has 0 bridgehead atoms. The van der Waals surface area contributed by atoms with Crippen LogP contribution in [-0.2, 0) is 4.79 Å². The Hall–Kier alpha value is -2.60. The highest BCUT2D eigenvalue weighted by atomic mass is 35.5. The third kappa shape index (κ3) is 4.70. The number of halogens is 2. The van der Waals surface area contributed by atoms with Crippen molar-refractivity contribution in [3.8, 4) is 5.75 Å². The summed E-state index contributed by atoms with van der Waals surface area (Å²) >= 11 is 6.01. The molecule has 5 nitrogen and oxygen atoms in total. The first-order valence-electron chi connectivity index (χ1n) is 7.15. The van der Waals surface area contributed by atoms with E-state index in [9.17, 15) is 14.0 Å². The number of hydrogen-bond donors (Lipinski definition) is 2. The van der Waals surface area contributed by atoms with E-state index in [1.54, 1.807) is 12.1 Å². The van der Waals surface area contributed by atoms with E-state index in [2.05, 4.69) is 10.9 Å². The van der Waals surface area contributed by atoms with Gasteiger partial charge in [-0.3, -0.25) is 20.4 Å². The summed E-state index contributed by atoms with van der Waals surface area (Å²) in [5.41, 5.74) is 5.64. The zero-order valence-electron chi connectivity index (χ0n) is 13.1. The van der Waals surface area contributed by atoms with E-state index in [1.165, 1.54) is 19.1 Å². The molecule has 0 fully saturated rings. The van der Waals surface area contributed by atoms with E-state index in [0.717, 1.165) is 17.7 Å². The molecule has 0 radical (unpaired) electrons. The number of hydrogen-bond acceptors (Lipinski definition) is 3. The Morgan fingerprint density at radius 2 is 1.79 bits per heavy atom. The number of benzene rings is 2. The number of carbonyl (C=O) groups is 2. The van der Waals surface area contributed by atoms with E-state index in [1.807, 2.05) is 13.0 Å². The Kier molecular flexibility index (Phi) is 5.76. The molecule has 126 valence electrons. The van der Waals surface area contributed by atoms with Crippen LogP contribution in [0.4, 0.5) is 4.39 Å². The quantitative estimate of drug-likeness (QED) is 0.833. The topological polar surface area (TPSA) is 67.4 Å². The summed E-state index contributed by atoms with van der Waals surface area (Å²) in [4.78, 5) is 23.8. The van der Waals surface area contributed by atoms with Gasteiger partial charge in [0.15, 0.2) is 6.10 Å². The van der Waals surface area contributed by atoms with Gasteiger partial charge in [-0.15, -0.1) is 0 Å². The van der Waals surface area contributed by atoms with Crippen molar-refractivity contribution in [1.82, 2.24) is 10.9 Å². The molecule has 0 aliphatic heterocycles. The third-order valence-electron chi connectivity index (χ3n) is 3.17. The van der Waals surface area contributed by atoms with Gasteiger partial charge in [0, 0.05) is 5.56 Å². The number of carbonyl (C=O) groups excluding carboxylic acids is 2. The van der Waals surface area contributed by atoms with Crippen molar-refractivity contribution in [1.29, 1.82) is 0 Å². The van der Waals surface area contributed by atoms with E-state index in [-0.39, 0.29) is 5.56 Å². The smallest absolute Gasteiger partial charge is 0.279 e. The van der Waals surface area contributed by atoms with Gasteiger partial charge in [-0.2, -0.15) is 0 Å². The van der Waals surface area contributed by atoms with E-state index in [4.69, 9.17) is 16.3 Å². The van der Waals surface area contributed by atoms with E-state index in [0.29, 0.717) is 10.8 Å². The molecular weight excluding hydrogens is 335 g/mol. The Bertz CT molecular complexity index is 750. The zero-order chi connectivity index (χ0) is 17.7. The number of amides is 2. The second kappa shape index (κ2) is 7.79. The van der Waals surface area contributed by atoms with E-state index < -0.39 is 23.7 Å². The Morgan fingerprint density at radius 1 is 1.12 bits per heavy atom. The standard InChI is InChI=1S/C17H16ClFN2O3/c1-10-3-8-14(18)15(9-10)24-11(2)16(22)20-21-17(23)12-4-6-13(19)7-5-12/h3-9,11H,1-2H3,(H,20,22)(H,21,23). The van der Waals surface area contributed by atoms with Crippen LogP contribution in [0, 0.1) is 12.7 Å². The first kappa shape index (κ1) is 17.7. The van der Waals surface area contributed by atoms with Crippen molar-refractivity contribution in [3.05, 3.63) is 64.4 Å². The maximum atomic E-state index is 12.8. The molecule has 0 spiro atoms. The minimum absolute atomic E-state index is 0.215. The van der Waals surface area contributed by atoms with Gasteiger partial charge in [-0.1, -0.05) is 17.7 Å². The molecule has 7 heteroatoms. The van der Waals surface area contributed by atoms with Gasteiger partial charge in [0.25, 0.3) is 11.8 Å². The first-order valence-corrected chi connectivity index (χ1v) is 7.53. The molecule has 0 aliphatic rings. The van der Waals surface area contributed by atoms with Crippen molar-refractivity contribution in [3.63, 3.8) is 0 Å². The average Bonchev–Trinajstić information content (AvgIpc) is 2.56. The van der Waals surface area contributed by atoms with Crippen LogP contribution in [0.5, 0.6) is 5.75 Å². The lowest BCUT2D eigenvalue weighted by atomic mass is 10.2. The summed E-state index contributed by atoms with van der Waals surface area (Å²) in [6.45, 7) is 3.40. The Labute approximate surface area is 143 Å². The van der Waals surface area contributed by atoms with Crippen LogP contribution >= 0.6 is 11.6 Å². The van der Waals surface area contributed by atoms with Crippen LogP contribution < -0.4 is 15.6 Å². The molecule has 2 N–H and O–H groups in total. The Balaban J connectivity index is 1.90. The number of nitrogens with one attached hydrogen (secondary N) is 2. The lowest BCUT2D eigenvalue weighted by molar-refractivity contribution is -0.128. The number of hydrazine groups is 1. The lowest BCUT2D eigenvalue weighted by Gasteiger charge is -2.16. The molecule has 0 saturated heterocycles. The lowest BCUT2D eigenvalue weighted by Crippen LogP contribution is -2.47. The number of aryl methyl sites for hydroxylation is 1. The molecule has 1 atom stereocenters. The van der Waals surface area contributed by atoms with Crippen molar-refractivity contribution < 1.29 is 18.7 Å². The summed E-state index contributed by atoms with van der Waals surface area (Å²) in [7, 11) is 0. The predicted octanol–water partition coefficient (Wildman–Crippen LogP) is 3.02. The Morgan fingerprint density at radius 3 is 2.46 bits per heavy atom. The minimum atomic E-state index is -0.877. The van der Waals surface area contributed by atoms with Gasteiger partial charge in [-0.25, -0.2) is 4.39 Å². The normalized spacial score (nSPS) is 11.5. The molecule has 0 saturated carbocycles. The summed E-state index contributed by atoms with van der Waals surface area (Å²) in [5, 5.41) is 0.385. The minimum Gasteiger partial charge on any atom is -0.479 e.